The zero-order valence-electron chi connectivity index (χ0n) is 10.4. The van der Waals surface area contributed by atoms with Gasteiger partial charge in [-0.2, -0.15) is 0 Å². The van der Waals surface area contributed by atoms with Gasteiger partial charge < -0.3 is 0 Å². The minimum atomic E-state index is -3.06. The topological polar surface area (TPSA) is 35.5 Å². The number of hydrogen-bond donors (Lipinski definition) is 0. The average molecular weight is 331 g/mol. The normalized spacial score (nSPS) is 15.8. The van der Waals surface area contributed by atoms with Gasteiger partial charge in [-0.05, 0) is 0 Å². The number of allylic oxidation sites excluding steroid dienone is 1. The van der Waals surface area contributed by atoms with Gasteiger partial charge in [0.2, 0.25) is 0 Å². The average Bonchev–Trinajstić information content (AvgIpc) is 2.26. The minimum absolute atomic E-state index is 0.153. The third-order valence-corrected chi connectivity index (χ3v) is 12.3. The molecule has 0 aromatic heterocycles. The third kappa shape index (κ3) is 3.63. The van der Waals surface area contributed by atoms with Crippen LogP contribution in [-0.2, 0) is 13.6 Å². The van der Waals surface area contributed by atoms with Crippen LogP contribution < -0.4 is 0 Å². The van der Waals surface area contributed by atoms with Crippen LogP contribution in [0.5, 0.6) is 0 Å². The number of rotatable bonds is 9. The summed E-state index contributed by atoms with van der Waals surface area (Å²) in [6, 6.07) is 0. The molecule has 0 bridgehead atoms. The third-order valence-electron chi connectivity index (χ3n) is 2.06. The molecule has 0 spiro atoms. The van der Waals surface area contributed by atoms with Crippen molar-refractivity contribution in [1.29, 1.82) is 0 Å². The van der Waals surface area contributed by atoms with Crippen LogP contribution >= 0.6 is 19.4 Å². The first-order valence-corrected chi connectivity index (χ1v) is 10.5. The second kappa shape index (κ2) is 7.97. The van der Waals surface area contributed by atoms with E-state index in [2.05, 4.69) is 12.4 Å². The van der Waals surface area contributed by atoms with Crippen LogP contribution in [0.3, 0.4) is 0 Å². The Morgan fingerprint density at radius 1 is 1.44 bits per heavy atom. The standard InChI is InChI=1S/C10H21O3PSSe/c1-6-9-10(15-4,16-5)14(11,12-7-2)13-8-3/h6H,1,7-9H2,2-5H3. The Hall–Kier alpha value is 0.759. The maximum atomic E-state index is 12.8. The van der Waals surface area contributed by atoms with Crippen molar-refractivity contribution in [2.75, 3.05) is 19.5 Å². The van der Waals surface area contributed by atoms with Gasteiger partial charge in [-0.1, -0.05) is 0 Å². The van der Waals surface area contributed by atoms with Gasteiger partial charge in [0, 0.05) is 0 Å². The summed E-state index contributed by atoms with van der Waals surface area (Å²) in [5.41, 5.74) is 0. The second-order valence-corrected chi connectivity index (χ2v) is 10.2. The fourth-order valence-corrected chi connectivity index (χ4v) is 8.44. The second-order valence-electron chi connectivity index (χ2n) is 2.95. The molecule has 0 aliphatic carbocycles. The van der Waals surface area contributed by atoms with E-state index in [9.17, 15) is 4.57 Å². The Labute approximate surface area is 109 Å². The molecular weight excluding hydrogens is 310 g/mol. The van der Waals surface area contributed by atoms with Crippen molar-refractivity contribution in [2.24, 2.45) is 0 Å². The van der Waals surface area contributed by atoms with Gasteiger partial charge in [-0.15, -0.1) is 0 Å². The van der Waals surface area contributed by atoms with Gasteiger partial charge in [0.05, 0.1) is 0 Å². The van der Waals surface area contributed by atoms with Crippen LogP contribution in [0.1, 0.15) is 20.3 Å². The molecule has 0 radical (unpaired) electrons. The Bertz CT molecular complexity index is 246. The van der Waals surface area contributed by atoms with Crippen molar-refractivity contribution < 1.29 is 13.6 Å². The van der Waals surface area contributed by atoms with E-state index < -0.39 is 11.0 Å². The van der Waals surface area contributed by atoms with Gasteiger partial charge in [0.25, 0.3) is 0 Å². The molecule has 0 rings (SSSR count). The molecule has 16 heavy (non-hydrogen) atoms. The Kier molecular flexibility index (Phi) is 8.34. The summed E-state index contributed by atoms with van der Waals surface area (Å²) in [5.74, 6) is 2.07. The first-order chi connectivity index (χ1) is 7.55. The molecule has 0 aromatic rings. The summed E-state index contributed by atoms with van der Waals surface area (Å²) in [5, 5.41) is 0. The van der Waals surface area contributed by atoms with E-state index in [1.165, 1.54) is 0 Å². The zero-order chi connectivity index (χ0) is 12.7. The fraction of sp³-hybridized carbons (Fsp3) is 0.800. The van der Waals surface area contributed by atoms with Crippen LogP contribution in [0.4, 0.5) is 0 Å². The summed E-state index contributed by atoms with van der Waals surface area (Å²) in [6.45, 7) is 8.24. The maximum absolute atomic E-state index is 12.8. The molecule has 0 aliphatic heterocycles. The molecule has 0 amide bonds. The van der Waals surface area contributed by atoms with Crippen LogP contribution in [0.15, 0.2) is 12.7 Å². The predicted octanol–water partition coefficient (Wildman–Crippen LogP) is 3.60. The van der Waals surface area contributed by atoms with E-state index >= 15 is 0 Å². The van der Waals surface area contributed by atoms with Gasteiger partial charge in [-0.3, -0.25) is 0 Å². The molecular formula is C10H21O3PSSe. The van der Waals surface area contributed by atoms with Crippen LogP contribution in [0.25, 0.3) is 0 Å². The van der Waals surface area contributed by atoms with Crippen LogP contribution in [0.2, 0.25) is 5.82 Å². The SMILES string of the molecule is C=CCC(SC)([Se]C)P(=O)(OCC)OCC. The predicted molar refractivity (Wildman–Crippen MR) is 73.5 cm³/mol. The monoisotopic (exact) mass is 332 g/mol. The molecule has 1 atom stereocenters. The summed E-state index contributed by atoms with van der Waals surface area (Å²) < 4.78 is 23.3. The van der Waals surface area contributed by atoms with Gasteiger partial charge >= 0.3 is 110 Å². The molecule has 1 unspecified atom stereocenters. The van der Waals surface area contributed by atoms with E-state index in [-0.39, 0.29) is 15.0 Å². The number of thioether (sulfide) groups is 1. The molecule has 0 N–H and O–H groups in total. The van der Waals surface area contributed by atoms with Crippen molar-refractivity contribution in [3.63, 3.8) is 0 Å². The number of hydrogen-bond acceptors (Lipinski definition) is 4. The molecule has 0 saturated carbocycles. The van der Waals surface area contributed by atoms with Crippen molar-refractivity contribution in [3.8, 4) is 0 Å². The molecule has 6 heteroatoms. The van der Waals surface area contributed by atoms with Crippen molar-refractivity contribution in [1.82, 2.24) is 0 Å². The fourth-order valence-electron chi connectivity index (χ4n) is 1.34. The quantitative estimate of drug-likeness (QED) is 0.367. The Morgan fingerprint density at radius 3 is 2.19 bits per heavy atom. The van der Waals surface area contributed by atoms with E-state index in [1.54, 1.807) is 17.8 Å². The van der Waals surface area contributed by atoms with Crippen molar-refractivity contribution in [2.45, 2.75) is 29.5 Å². The Morgan fingerprint density at radius 2 is 1.94 bits per heavy atom. The summed E-state index contributed by atoms with van der Waals surface area (Å²) in [4.78, 5) is 0. The molecule has 96 valence electrons. The van der Waals surface area contributed by atoms with E-state index in [0.29, 0.717) is 19.6 Å². The van der Waals surface area contributed by atoms with Gasteiger partial charge in [0.15, 0.2) is 0 Å². The molecule has 0 aliphatic rings. The summed E-state index contributed by atoms with van der Waals surface area (Å²) >= 11 is 1.73. The van der Waals surface area contributed by atoms with Crippen LogP contribution in [-0.4, -0.2) is 37.8 Å². The zero-order valence-corrected chi connectivity index (χ0v) is 13.8. The molecule has 0 saturated heterocycles. The molecule has 0 aromatic carbocycles. The summed E-state index contributed by atoms with van der Waals surface area (Å²) in [6.07, 6.45) is 4.41. The van der Waals surface area contributed by atoms with E-state index in [0.717, 1.165) is 0 Å². The van der Waals surface area contributed by atoms with Crippen LogP contribution in [0, 0.1) is 0 Å². The van der Waals surface area contributed by atoms with Crippen molar-refractivity contribution in [3.05, 3.63) is 12.7 Å². The molecule has 0 fully saturated rings. The molecule has 0 heterocycles. The Balaban J connectivity index is 5.22. The van der Waals surface area contributed by atoms with Gasteiger partial charge in [-0.25, -0.2) is 0 Å². The first kappa shape index (κ1) is 16.8. The van der Waals surface area contributed by atoms with Gasteiger partial charge in [0.1, 0.15) is 0 Å². The molecule has 3 nitrogen and oxygen atoms in total. The first-order valence-electron chi connectivity index (χ1n) is 5.16. The van der Waals surface area contributed by atoms with E-state index in [1.807, 2.05) is 20.1 Å². The summed E-state index contributed by atoms with van der Waals surface area (Å²) in [7, 11) is -3.06. The van der Waals surface area contributed by atoms with Crippen molar-refractivity contribution >= 4 is 34.3 Å². The van der Waals surface area contributed by atoms with E-state index in [4.69, 9.17) is 9.05 Å².